The molecule has 9 aliphatic carbocycles. The molecule has 0 heterocycles. The van der Waals surface area contributed by atoms with Gasteiger partial charge in [0.05, 0.1) is 5.41 Å². The number of hydrogen-bond acceptors (Lipinski definition) is 0. The maximum atomic E-state index is 2.59. The maximum Gasteiger partial charge on any atom is 0.0725 e. The van der Waals surface area contributed by atoms with Gasteiger partial charge in [0.1, 0.15) is 0 Å². The molecule has 0 aromatic heterocycles. The average molecular weight is 579 g/mol. The van der Waals surface area contributed by atoms with Gasteiger partial charge in [-0.25, -0.2) is 0 Å². The van der Waals surface area contributed by atoms with E-state index in [-0.39, 0.29) is 5.41 Å². The van der Waals surface area contributed by atoms with Crippen LogP contribution >= 0.6 is 0 Å². The first kappa shape index (κ1) is 24.3. The number of benzene rings is 5. The van der Waals surface area contributed by atoms with Crippen molar-refractivity contribution >= 4 is 0 Å². The van der Waals surface area contributed by atoms with Gasteiger partial charge in [0.15, 0.2) is 0 Å². The first-order chi connectivity index (χ1) is 22.2. The first-order valence-electron chi connectivity index (χ1n) is 17.8. The van der Waals surface area contributed by atoms with Gasteiger partial charge in [0, 0.05) is 5.41 Å². The van der Waals surface area contributed by atoms with Gasteiger partial charge in [-0.3, -0.25) is 0 Å². The number of fused-ring (bicyclic) bond motifs is 10. The molecule has 0 N–H and O–H groups in total. The standard InChI is InChI=1S/C45H38/c1-4-10-38-31(7-1)32-8-2-5-11-39(32)45(38)40-12-6-3-9-33(40)34-18-15-29(24-43(34)45)28-13-16-30(17-14-28)44-25-27-20-36-35-19-26(22-41(36)44)23-42(44)37(35)21-27/h1-18,24,26-27,35-37,41-42H,19-23,25H2. The highest BCUT2D eigenvalue weighted by atomic mass is 14.7. The Morgan fingerprint density at radius 2 is 0.933 bits per heavy atom. The smallest absolute Gasteiger partial charge is 0.0619 e. The van der Waals surface area contributed by atoms with Crippen molar-refractivity contribution in [2.75, 3.05) is 0 Å². The van der Waals surface area contributed by atoms with Gasteiger partial charge < -0.3 is 0 Å². The minimum absolute atomic E-state index is 0.271. The topological polar surface area (TPSA) is 0 Å². The molecule has 0 amide bonds. The maximum absolute atomic E-state index is 2.59. The summed E-state index contributed by atoms with van der Waals surface area (Å²) in [5.74, 6) is 7.07. The van der Waals surface area contributed by atoms with Gasteiger partial charge in [-0.1, -0.05) is 109 Å². The SMILES string of the molecule is c1ccc2c(c1)-c1ccccc1C21c2ccccc2-c2ccc(-c3ccc(C45CC6CC7C8CC(CC74)CC5C8C6)cc3)cc21. The van der Waals surface area contributed by atoms with Gasteiger partial charge >= 0.3 is 0 Å². The van der Waals surface area contributed by atoms with Gasteiger partial charge in [0.2, 0.25) is 0 Å². The summed E-state index contributed by atoms with van der Waals surface area (Å²) in [6.45, 7) is 0. The molecule has 4 unspecified atom stereocenters. The van der Waals surface area contributed by atoms with Crippen LogP contribution < -0.4 is 0 Å². The summed E-state index contributed by atoms with van der Waals surface area (Å²) in [4.78, 5) is 0. The molecular formula is C45H38. The molecule has 9 aliphatic rings. The third-order valence-corrected chi connectivity index (χ3v) is 14.8. The zero-order valence-corrected chi connectivity index (χ0v) is 25.8. The lowest BCUT2D eigenvalue weighted by molar-refractivity contribution is -0.220. The largest absolute Gasteiger partial charge is 0.0725 e. The highest BCUT2D eigenvalue weighted by Gasteiger charge is 2.70. The summed E-state index contributed by atoms with van der Waals surface area (Å²) in [5, 5.41) is 0. The third kappa shape index (κ3) is 2.69. The van der Waals surface area contributed by atoms with E-state index in [4.69, 9.17) is 0 Å². The average Bonchev–Trinajstić information content (AvgIpc) is 3.57. The Kier molecular flexibility index (Phi) is 4.37. The quantitative estimate of drug-likeness (QED) is 0.191. The predicted octanol–water partition coefficient (Wildman–Crippen LogP) is 10.7. The predicted molar refractivity (Wildman–Crippen MR) is 182 cm³/mol. The van der Waals surface area contributed by atoms with Crippen LogP contribution in [0.3, 0.4) is 0 Å². The minimum Gasteiger partial charge on any atom is -0.0619 e. The Morgan fingerprint density at radius 1 is 0.422 bits per heavy atom. The summed E-state index contributed by atoms with van der Waals surface area (Å²) in [7, 11) is 0. The zero-order chi connectivity index (χ0) is 29.1. The van der Waals surface area contributed by atoms with Crippen molar-refractivity contribution in [2.45, 2.75) is 49.4 Å². The number of hydrogen-bond donors (Lipinski definition) is 0. The van der Waals surface area contributed by atoms with Crippen LogP contribution in [0.4, 0.5) is 0 Å². The molecule has 7 saturated carbocycles. The van der Waals surface area contributed by atoms with Gasteiger partial charge in [0.25, 0.3) is 0 Å². The van der Waals surface area contributed by atoms with Gasteiger partial charge in [-0.15, -0.1) is 0 Å². The molecule has 4 atom stereocenters. The second-order valence-electron chi connectivity index (χ2n) is 16.1. The Labute approximate surface area is 266 Å². The molecule has 7 fully saturated rings. The van der Waals surface area contributed by atoms with Crippen molar-refractivity contribution in [3.8, 4) is 33.4 Å². The summed E-state index contributed by atoms with van der Waals surface area (Å²) in [6, 6.07) is 45.0. The molecule has 8 bridgehead atoms. The molecule has 0 aliphatic heterocycles. The summed E-state index contributed by atoms with van der Waals surface area (Å²) < 4.78 is 0. The first-order valence-corrected chi connectivity index (χ1v) is 17.8. The Morgan fingerprint density at radius 3 is 1.53 bits per heavy atom. The van der Waals surface area contributed by atoms with E-state index in [0.717, 1.165) is 41.4 Å². The zero-order valence-electron chi connectivity index (χ0n) is 25.8. The molecular weight excluding hydrogens is 540 g/mol. The minimum atomic E-state index is -0.271. The summed E-state index contributed by atoms with van der Waals surface area (Å²) in [6.07, 6.45) is 9.20. The summed E-state index contributed by atoms with van der Waals surface area (Å²) >= 11 is 0. The lowest BCUT2D eigenvalue weighted by atomic mass is 9.30. The van der Waals surface area contributed by atoms with Crippen molar-refractivity contribution in [2.24, 2.45) is 41.4 Å². The third-order valence-electron chi connectivity index (χ3n) is 14.8. The molecule has 0 nitrogen and oxygen atoms in total. The van der Waals surface area contributed by atoms with Crippen LogP contribution in [0, 0.1) is 41.4 Å². The Bertz CT molecular complexity index is 1990. The molecule has 5 aromatic rings. The molecule has 45 heavy (non-hydrogen) atoms. The fourth-order valence-electron chi connectivity index (χ4n) is 13.7. The van der Waals surface area contributed by atoms with Crippen LogP contribution in [0.1, 0.15) is 66.3 Å². The van der Waals surface area contributed by atoms with Crippen molar-refractivity contribution < 1.29 is 0 Å². The van der Waals surface area contributed by atoms with Crippen molar-refractivity contribution in [1.82, 2.24) is 0 Å². The Hall–Kier alpha value is -3.90. The lowest BCUT2D eigenvalue weighted by Crippen LogP contribution is -2.69. The lowest BCUT2D eigenvalue weighted by Gasteiger charge is -2.74. The van der Waals surface area contributed by atoms with E-state index in [0.29, 0.717) is 5.41 Å². The monoisotopic (exact) mass is 578 g/mol. The fourth-order valence-corrected chi connectivity index (χ4v) is 13.7. The summed E-state index contributed by atoms with van der Waals surface area (Å²) in [5.41, 5.74) is 15.9. The van der Waals surface area contributed by atoms with E-state index in [1.807, 2.05) is 0 Å². The van der Waals surface area contributed by atoms with E-state index in [9.17, 15) is 0 Å². The highest BCUT2D eigenvalue weighted by molar-refractivity contribution is 5.95. The van der Waals surface area contributed by atoms with Gasteiger partial charge in [-0.05, 0) is 147 Å². The van der Waals surface area contributed by atoms with Crippen LogP contribution in [0.2, 0.25) is 0 Å². The molecule has 0 heteroatoms. The van der Waals surface area contributed by atoms with Crippen molar-refractivity contribution in [1.29, 1.82) is 0 Å². The second-order valence-corrected chi connectivity index (χ2v) is 16.1. The van der Waals surface area contributed by atoms with Crippen LogP contribution in [0.15, 0.2) is 115 Å². The second kappa shape index (κ2) is 8.08. The van der Waals surface area contributed by atoms with E-state index in [1.165, 1.54) is 74.9 Å². The van der Waals surface area contributed by atoms with E-state index >= 15 is 0 Å². The molecule has 0 saturated heterocycles. The van der Waals surface area contributed by atoms with E-state index in [2.05, 4.69) is 115 Å². The Balaban J connectivity index is 1.01. The van der Waals surface area contributed by atoms with E-state index < -0.39 is 0 Å². The van der Waals surface area contributed by atoms with Crippen LogP contribution in [0.25, 0.3) is 33.4 Å². The molecule has 0 radical (unpaired) electrons. The normalized spacial score (nSPS) is 34.2. The highest BCUT2D eigenvalue weighted by Crippen LogP contribution is 2.76. The molecule has 14 rings (SSSR count). The van der Waals surface area contributed by atoms with Gasteiger partial charge in [-0.2, -0.15) is 0 Å². The van der Waals surface area contributed by atoms with Crippen molar-refractivity contribution in [3.63, 3.8) is 0 Å². The van der Waals surface area contributed by atoms with Crippen LogP contribution in [0.5, 0.6) is 0 Å². The van der Waals surface area contributed by atoms with Crippen LogP contribution in [-0.4, -0.2) is 0 Å². The van der Waals surface area contributed by atoms with E-state index in [1.54, 1.807) is 24.8 Å². The molecule has 218 valence electrons. The fraction of sp³-hybridized carbons (Fsp3) is 0.333. The van der Waals surface area contributed by atoms with Crippen molar-refractivity contribution in [3.05, 3.63) is 143 Å². The molecule has 1 spiro atoms. The van der Waals surface area contributed by atoms with Crippen LogP contribution in [-0.2, 0) is 10.8 Å². The molecule has 5 aromatic carbocycles. The number of rotatable bonds is 2.